The molecule has 2 heterocycles. The van der Waals surface area contributed by atoms with Crippen molar-refractivity contribution in [1.29, 1.82) is 0 Å². The molecule has 0 bridgehead atoms. The van der Waals surface area contributed by atoms with Crippen LogP contribution in [0.2, 0.25) is 10.0 Å². The van der Waals surface area contributed by atoms with Gasteiger partial charge in [-0.3, -0.25) is 0 Å². The molecule has 0 radical (unpaired) electrons. The molecule has 1 aromatic carbocycles. The minimum absolute atomic E-state index is 0.0816. The van der Waals surface area contributed by atoms with Gasteiger partial charge in [0.05, 0.1) is 18.3 Å². The summed E-state index contributed by atoms with van der Waals surface area (Å²) in [6.07, 6.45) is 1.00. The summed E-state index contributed by atoms with van der Waals surface area (Å²) in [4.78, 5) is 10.2. The molecule has 3 unspecified atom stereocenters. The Hall–Kier alpha value is -1.94. The summed E-state index contributed by atoms with van der Waals surface area (Å²) in [6.45, 7) is -0.457. The van der Waals surface area contributed by atoms with Gasteiger partial charge in [0.2, 0.25) is 5.95 Å². The van der Waals surface area contributed by atoms with Crippen molar-refractivity contribution in [1.82, 2.24) is 9.97 Å². The van der Waals surface area contributed by atoms with Gasteiger partial charge in [-0.1, -0.05) is 29.3 Å². The minimum Gasteiger partial charge on any atom is -0.429 e. The van der Waals surface area contributed by atoms with Crippen LogP contribution < -0.4 is 20.7 Å². The molecule has 0 spiro atoms. The average Bonchev–Trinajstić information content (AvgIpc) is 2.65. The maximum atomic E-state index is 12.8. The number of nitrogens with one attached hydrogen (secondary N) is 1. The van der Waals surface area contributed by atoms with Gasteiger partial charge in [-0.15, -0.1) is 0 Å². The zero-order valence-corrected chi connectivity index (χ0v) is 17.0. The molecule has 1 aliphatic heterocycles. The van der Waals surface area contributed by atoms with Crippen LogP contribution in [0.15, 0.2) is 24.4 Å². The Bertz CT molecular complexity index is 861. The van der Waals surface area contributed by atoms with Gasteiger partial charge < -0.3 is 25.8 Å². The van der Waals surface area contributed by atoms with Crippen molar-refractivity contribution in [3.8, 4) is 5.75 Å². The summed E-state index contributed by atoms with van der Waals surface area (Å²) >= 11 is 12.2. The molecule has 7 nitrogen and oxygen atoms in total. The van der Waals surface area contributed by atoms with Gasteiger partial charge in [0, 0.05) is 29.2 Å². The molecule has 1 aromatic heterocycles. The largest absolute Gasteiger partial charge is 0.429 e. The van der Waals surface area contributed by atoms with E-state index in [0.29, 0.717) is 28.6 Å². The first kappa shape index (κ1) is 21.8. The number of piperidine rings is 1. The molecule has 1 aliphatic rings. The van der Waals surface area contributed by atoms with E-state index in [2.05, 4.69) is 20.0 Å². The van der Waals surface area contributed by atoms with Gasteiger partial charge in [0.15, 0.2) is 11.6 Å². The number of benzene rings is 1. The first-order valence-electron chi connectivity index (χ1n) is 8.96. The Kier molecular flexibility index (Phi) is 6.94. The SMILES string of the molecule is CC(Nc1nc(N2CCC(N)C(O)C2)ncc1OC(F)F)c1ccc(Cl)cc1Cl. The number of nitrogens with two attached hydrogens (primary N) is 1. The number of halogens is 4. The summed E-state index contributed by atoms with van der Waals surface area (Å²) in [7, 11) is 0. The topological polar surface area (TPSA) is 96.5 Å². The molecule has 29 heavy (non-hydrogen) atoms. The monoisotopic (exact) mass is 447 g/mol. The number of hydrogen-bond donors (Lipinski definition) is 3. The number of ether oxygens (including phenoxy) is 1. The molecule has 4 N–H and O–H groups in total. The number of rotatable bonds is 6. The lowest BCUT2D eigenvalue weighted by Gasteiger charge is -2.34. The molecule has 0 saturated carbocycles. The third kappa shape index (κ3) is 5.36. The molecule has 3 atom stereocenters. The molecule has 3 rings (SSSR count). The maximum Gasteiger partial charge on any atom is 0.387 e. The van der Waals surface area contributed by atoms with E-state index in [-0.39, 0.29) is 36.1 Å². The zero-order valence-electron chi connectivity index (χ0n) is 15.5. The number of alkyl halides is 2. The molecule has 1 saturated heterocycles. The number of nitrogens with zero attached hydrogens (tertiary/aromatic N) is 3. The van der Waals surface area contributed by atoms with E-state index in [9.17, 15) is 13.9 Å². The number of aliphatic hydroxyl groups excluding tert-OH is 1. The van der Waals surface area contributed by atoms with Crippen LogP contribution in [0, 0.1) is 0 Å². The van der Waals surface area contributed by atoms with E-state index < -0.39 is 12.7 Å². The third-order valence-electron chi connectivity index (χ3n) is 4.66. The molecular formula is C18H21Cl2F2N5O2. The van der Waals surface area contributed by atoms with Crippen molar-refractivity contribution < 1.29 is 18.6 Å². The van der Waals surface area contributed by atoms with E-state index >= 15 is 0 Å². The normalized spacial score (nSPS) is 20.6. The van der Waals surface area contributed by atoms with Crippen molar-refractivity contribution in [2.45, 2.75) is 38.1 Å². The van der Waals surface area contributed by atoms with Crippen molar-refractivity contribution in [3.05, 3.63) is 40.0 Å². The van der Waals surface area contributed by atoms with Crippen LogP contribution in [0.1, 0.15) is 24.9 Å². The predicted octanol–water partition coefficient (Wildman–Crippen LogP) is 3.46. The molecule has 1 fully saturated rings. The minimum atomic E-state index is -3.03. The summed E-state index contributed by atoms with van der Waals surface area (Å²) in [5.74, 6) is 0.155. The maximum absolute atomic E-state index is 12.8. The third-order valence-corrected chi connectivity index (χ3v) is 5.22. The quantitative estimate of drug-likeness (QED) is 0.623. The van der Waals surface area contributed by atoms with E-state index in [4.69, 9.17) is 28.9 Å². The highest BCUT2D eigenvalue weighted by Gasteiger charge is 2.27. The van der Waals surface area contributed by atoms with Gasteiger partial charge in [-0.25, -0.2) is 4.98 Å². The number of aromatic nitrogens is 2. The standard InChI is InChI=1S/C18H21Cl2F2N5O2/c1-9(11-3-2-10(19)6-12(11)20)25-16-15(29-17(21)22)7-24-18(26-16)27-5-4-13(23)14(28)8-27/h2-3,6-7,9,13-14,17,28H,4-5,8,23H2,1H3,(H,24,25,26). The van der Waals surface area contributed by atoms with Crippen LogP contribution >= 0.6 is 23.2 Å². The van der Waals surface area contributed by atoms with Gasteiger partial charge in [0.25, 0.3) is 0 Å². The van der Waals surface area contributed by atoms with Crippen LogP contribution in [-0.2, 0) is 0 Å². The van der Waals surface area contributed by atoms with Crippen LogP contribution in [-0.4, -0.2) is 46.9 Å². The Balaban J connectivity index is 1.87. The Labute approximate surface area is 176 Å². The number of hydrogen-bond acceptors (Lipinski definition) is 7. The molecule has 11 heteroatoms. The van der Waals surface area contributed by atoms with Crippen molar-refractivity contribution in [3.63, 3.8) is 0 Å². The fraction of sp³-hybridized carbons (Fsp3) is 0.444. The average molecular weight is 448 g/mol. The highest BCUT2D eigenvalue weighted by molar-refractivity contribution is 6.35. The lowest BCUT2D eigenvalue weighted by Crippen LogP contribution is -2.51. The van der Waals surface area contributed by atoms with Crippen LogP contribution in [0.3, 0.4) is 0 Å². The van der Waals surface area contributed by atoms with Gasteiger partial charge in [-0.2, -0.15) is 13.8 Å². The van der Waals surface area contributed by atoms with Crippen LogP contribution in [0.4, 0.5) is 20.5 Å². The fourth-order valence-electron chi connectivity index (χ4n) is 3.07. The first-order valence-corrected chi connectivity index (χ1v) is 9.72. The number of anilines is 2. The van der Waals surface area contributed by atoms with E-state index in [0.717, 1.165) is 0 Å². The van der Waals surface area contributed by atoms with Gasteiger partial charge in [-0.05, 0) is 31.0 Å². The van der Waals surface area contributed by atoms with E-state index in [1.165, 1.54) is 6.20 Å². The highest BCUT2D eigenvalue weighted by atomic mass is 35.5. The number of aliphatic hydroxyl groups is 1. The predicted molar refractivity (Wildman–Crippen MR) is 108 cm³/mol. The smallest absolute Gasteiger partial charge is 0.387 e. The molecule has 0 aliphatic carbocycles. The van der Waals surface area contributed by atoms with E-state index in [1.54, 1.807) is 30.0 Å². The zero-order chi connectivity index (χ0) is 21.1. The second-order valence-electron chi connectivity index (χ2n) is 6.76. The van der Waals surface area contributed by atoms with E-state index in [1.807, 2.05) is 0 Å². The lowest BCUT2D eigenvalue weighted by molar-refractivity contribution is -0.0498. The summed E-state index contributed by atoms with van der Waals surface area (Å²) < 4.78 is 30.2. The molecule has 2 aromatic rings. The Morgan fingerprint density at radius 3 is 2.79 bits per heavy atom. The fourth-order valence-corrected chi connectivity index (χ4v) is 3.64. The highest BCUT2D eigenvalue weighted by Crippen LogP contribution is 2.32. The second kappa shape index (κ2) is 9.25. The molecule has 158 valence electrons. The van der Waals surface area contributed by atoms with Crippen LogP contribution in [0.5, 0.6) is 5.75 Å². The van der Waals surface area contributed by atoms with Gasteiger partial charge >= 0.3 is 6.61 Å². The van der Waals surface area contributed by atoms with Gasteiger partial charge in [0.1, 0.15) is 0 Å². The van der Waals surface area contributed by atoms with Crippen molar-refractivity contribution in [2.75, 3.05) is 23.3 Å². The number of β-amino-alcohol motifs (C(OH)–C–C–N with tert-alkyl or cyclic N) is 1. The summed E-state index contributed by atoms with van der Waals surface area (Å²) in [5, 5.41) is 14.0. The second-order valence-corrected chi connectivity index (χ2v) is 7.60. The molecular weight excluding hydrogens is 427 g/mol. The Morgan fingerprint density at radius 2 is 2.14 bits per heavy atom. The van der Waals surface area contributed by atoms with Crippen LogP contribution in [0.25, 0.3) is 0 Å². The molecule has 0 amide bonds. The van der Waals surface area contributed by atoms with Crippen molar-refractivity contribution in [2.24, 2.45) is 5.73 Å². The Morgan fingerprint density at radius 1 is 1.38 bits per heavy atom. The van der Waals surface area contributed by atoms with Crippen molar-refractivity contribution >= 4 is 35.0 Å². The first-order chi connectivity index (χ1) is 13.7. The lowest BCUT2D eigenvalue weighted by atomic mass is 10.0. The summed E-state index contributed by atoms with van der Waals surface area (Å²) in [5.41, 5.74) is 6.53. The summed E-state index contributed by atoms with van der Waals surface area (Å²) in [6, 6.07) is 4.30.